The summed E-state index contributed by atoms with van der Waals surface area (Å²) in [7, 11) is 0. The Kier molecular flexibility index (Phi) is 5.37. The highest BCUT2D eigenvalue weighted by Crippen LogP contribution is 2.26. The summed E-state index contributed by atoms with van der Waals surface area (Å²) >= 11 is 5.83. The Morgan fingerprint density at radius 1 is 1.44 bits per heavy atom. The predicted octanol–water partition coefficient (Wildman–Crippen LogP) is 0.912. The Morgan fingerprint density at radius 3 is 2.74 bits per heavy atom. The summed E-state index contributed by atoms with van der Waals surface area (Å²) in [5, 5.41) is 22.7. The number of ether oxygens (including phenoxy) is 1. The van der Waals surface area contributed by atoms with E-state index in [-0.39, 0.29) is 23.0 Å². The zero-order chi connectivity index (χ0) is 19.6. The molecular formula is C14H16ClN7O5. The minimum Gasteiger partial charge on any atom is -0.378 e. The smallest absolute Gasteiger partial charge is 0.362 e. The summed E-state index contributed by atoms with van der Waals surface area (Å²) in [5.41, 5.74) is 0.0198. The highest BCUT2D eigenvalue weighted by atomic mass is 35.5. The third kappa shape index (κ3) is 3.61. The Hall–Kier alpha value is -2.99. The predicted molar refractivity (Wildman–Crippen MR) is 92.8 cm³/mol. The average molecular weight is 398 g/mol. The SMILES string of the molecule is CCn1ncc(NC(=O)c2n[nH]c([N+](=O)[O-])c2Cl)c1C(=O)N1CCOCC1. The highest BCUT2D eigenvalue weighted by molar-refractivity contribution is 6.36. The van der Waals surface area contributed by atoms with Gasteiger partial charge in [-0.15, -0.1) is 5.10 Å². The van der Waals surface area contributed by atoms with Gasteiger partial charge >= 0.3 is 5.82 Å². The van der Waals surface area contributed by atoms with Gasteiger partial charge in [0.1, 0.15) is 5.69 Å². The van der Waals surface area contributed by atoms with Crippen LogP contribution in [0.1, 0.15) is 27.9 Å². The standard InChI is InChI=1S/C14H16ClN7O5/c1-2-21-11(14(24)20-3-5-27-6-4-20)8(7-16-21)17-13(23)10-9(15)12(19-18-10)22(25)26/h7H,2-6H2,1H3,(H,17,23)(H,18,19). The second-order valence-electron chi connectivity index (χ2n) is 5.57. The molecule has 1 saturated heterocycles. The van der Waals surface area contributed by atoms with Gasteiger partial charge in [-0.1, -0.05) is 16.7 Å². The molecule has 27 heavy (non-hydrogen) atoms. The van der Waals surface area contributed by atoms with Crippen molar-refractivity contribution in [3.05, 3.63) is 32.7 Å². The van der Waals surface area contributed by atoms with Gasteiger partial charge < -0.3 is 25.1 Å². The van der Waals surface area contributed by atoms with Crippen molar-refractivity contribution >= 4 is 34.9 Å². The largest absolute Gasteiger partial charge is 0.378 e. The number of nitrogens with one attached hydrogen (secondary N) is 2. The van der Waals surface area contributed by atoms with Crippen molar-refractivity contribution in [3.8, 4) is 0 Å². The maximum absolute atomic E-state index is 12.9. The molecule has 0 spiro atoms. The molecule has 0 saturated carbocycles. The normalized spacial score (nSPS) is 14.2. The quantitative estimate of drug-likeness (QED) is 0.562. The third-order valence-electron chi connectivity index (χ3n) is 3.98. The molecule has 144 valence electrons. The molecule has 2 N–H and O–H groups in total. The molecule has 1 aliphatic heterocycles. The van der Waals surface area contributed by atoms with Crippen LogP contribution < -0.4 is 5.32 Å². The van der Waals surface area contributed by atoms with Gasteiger partial charge in [0, 0.05) is 19.6 Å². The minimum absolute atomic E-state index is 0.167. The number of morpholine rings is 1. The Morgan fingerprint density at radius 2 is 2.15 bits per heavy atom. The number of H-pyrrole nitrogens is 1. The molecule has 0 atom stereocenters. The number of hydrogen-bond donors (Lipinski definition) is 2. The lowest BCUT2D eigenvalue weighted by Crippen LogP contribution is -2.41. The van der Waals surface area contributed by atoms with Gasteiger partial charge in [0.05, 0.1) is 25.1 Å². The second-order valence-corrected chi connectivity index (χ2v) is 5.95. The van der Waals surface area contributed by atoms with E-state index in [1.807, 2.05) is 6.92 Å². The summed E-state index contributed by atoms with van der Waals surface area (Å²) in [4.78, 5) is 36.9. The van der Waals surface area contributed by atoms with Crippen LogP contribution in [-0.4, -0.2) is 67.9 Å². The highest BCUT2D eigenvalue weighted by Gasteiger charge is 2.29. The van der Waals surface area contributed by atoms with Gasteiger partial charge in [0.15, 0.2) is 10.7 Å². The van der Waals surface area contributed by atoms with Crippen LogP contribution >= 0.6 is 11.6 Å². The van der Waals surface area contributed by atoms with E-state index < -0.39 is 21.7 Å². The van der Waals surface area contributed by atoms with Crippen LogP contribution in [0.2, 0.25) is 5.02 Å². The van der Waals surface area contributed by atoms with Crippen molar-refractivity contribution in [2.24, 2.45) is 0 Å². The third-order valence-corrected chi connectivity index (χ3v) is 4.33. The average Bonchev–Trinajstić information content (AvgIpc) is 3.25. The number of aryl methyl sites for hydroxylation is 1. The molecule has 12 nitrogen and oxygen atoms in total. The summed E-state index contributed by atoms with van der Waals surface area (Å²) in [6.45, 7) is 3.94. The van der Waals surface area contributed by atoms with Crippen LogP contribution in [-0.2, 0) is 11.3 Å². The number of hydrogen-bond acceptors (Lipinski definition) is 7. The number of rotatable bonds is 5. The van der Waals surface area contributed by atoms with Crippen LogP contribution in [0.15, 0.2) is 6.20 Å². The van der Waals surface area contributed by atoms with Crippen LogP contribution in [0, 0.1) is 10.1 Å². The topological polar surface area (TPSA) is 148 Å². The molecule has 3 heterocycles. The van der Waals surface area contributed by atoms with Crippen molar-refractivity contribution < 1.29 is 19.2 Å². The molecule has 2 aromatic heterocycles. The molecule has 0 radical (unpaired) electrons. The molecule has 2 aromatic rings. The number of aromatic nitrogens is 4. The molecule has 13 heteroatoms. The maximum Gasteiger partial charge on any atom is 0.362 e. The summed E-state index contributed by atoms with van der Waals surface area (Å²) in [6.07, 6.45) is 1.34. The fourth-order valence-electron chi connectivity index (χ4n) is 2.63. The van der Waals surface area contributed by atoms with Crippen molar-refractivity contribution in [2.75, 3.05) is 31.6 Å². The van der Waals surface area contributed by atoms with E-state index in [9.17, 15) is 19.7 Å². The number of nitro groups is 1. The molecule has 0 bridgehead atoms. The molecule has 0 unspecified atom stereocenters. The van der Waals surface area contributed by atoms with E-state index in [1.165, 1.54) is 10.9 Å². The van der Waals surface area contributed by atoms with Crippen LogP contribution in [0.3, 0.4) is 0 Å². The maximum atomic E-state index is 12.9. The molecule has 1 aliphatic rings. The lowest BCUT2D eigenvalue weighted by molar-refractivity contribution is -0.389. The van der Waals surface area contributed by atoms with Crippen molar-refractivity contribution in [1.29, 1.82) is 0 Å². The number of aromatic amines is 1. The van der Waals surface area contributed by atoms with Gasteiger partial charge in [-0.25, -0.2) is 0 Å². The number of halogens is 1. The monoisotopic (exact) mass is 397 g/mol. The number of carbonyl (C=O) groups excluding carboxylic acids is 2. The van der Waals surface area contributed by atoms with E-state index in [0.29, 0.717) is 32.8 Å². The second kappa shape index (κ2) is 7.72. The first-order chi connectivity index (χ1) is 12.9. The zero-order valence-electron chi connectivity index (χ0n) is 14.3. The zero-order valence-corrected chi connectivity index (χ0v) is 15.0. The first kappa shape index (κ1) is 18.8. The van der Waals surface area contributed by atoms with Crippen molar-refractivity contribution in [3.63, 3.8) is 0 Å². The number of carbonyl (C=O) groups is 2. The van der Waals surface area contributed by atoms with Crippen molar-refractivity contribution in [1.82, 2.24) is 24.9 Å². The van der Waals surface area contributed by atoms with E-state index in [0.717, 1.165) is 0 Å². The molecule has 0 aromatic carbocycles. The molecular weight excluding hydrogens is 382 g/mol. The molecule has 3 rings (SSSR count). The fraction of sp³-hybridized carbons (Fsp3) is 0.429. The first-order valence-corrected chi connectivity index (χ1v) is 8.44. The van der Waals surface area contributed by atoms with Gasteiger partial charge in [0.2, 0.25) is 0 Å². The van der Waals surface area contributed by atoms with Crippen molar-refractivity contribution in [2.45, 2.75) is 13.5 Å². The lowest BCUT2D eigenvalue weighted by Gasteiger charge is -2.27. The minimum atomic E-state index is -0.795. The van der Waals surface area contributed by atoms with E-state index in [4.69, 9.17) is 16.3 Å². The Balaban J connectivity index is 1.87. The summed E-state index contributed by atoms with van der Waals surface area (Å²) < 4.78 is 6.70. The van der Waals surface area contributed by atoms with E-state index in [1.54, 1.807) is 4.90 Å². The Labute approximate surface area is 157 Å². The molecule has 2 amide bonds. The van der Waals surface area contributed by atoms with Crippen LogP contribution in [0.4, 0.5) is 11.5 Å². The van der Waals surface area contributed by atoms with Gasteiger partial charge in [0.25, 0.3) is 11.8 Å². The van der Waals surface area contributed by atoms with Gasteiger partial charge in [-0.05, 0) is 11.8 Å². The van der Waals surface area contributed by atoms with Gasteiger partial charge in [-0.2, -0.15) is 5.10 Å². The van der Waals surface area contributed by atoms with Crippen LogP contribution in [0.25, 0.3) is 0 Å². The number of amides is 2. The number of nitrogens with zero attached hydrogens (tertiary/aromatic N) is 5. The summed E-state index contributed by atoms with van der Waals surface area (Å²) in [5.74, 6) is -1.68. The van der Waals surface area contributed by atoms with Crippen LogP contribution in [0.5, 0.6) is 0 Å². The van der Waals surface area contributed by atoms with Gasteiger partial charge in [-0.3, -0.25) is 14.3 Å². The number of anilines is 1. The Bertz CT molecular complexity index is 887. The fourth-order valence-corrected chi connectivity index (χ4v) is 2.87. The molecule has 1 fully saturated rings. The molecule has 0 aliphatic carbocycles. The summed E-state index contributed by atoms with van der Waals surface area (Å²) in [6, 6.07) is 0. The van der Waals surface area contributed by atoms with E-state index in [2.05, 4.69) is 20.6 Å². The first-order valence-electron chi connectivity index (χ1n) is 8.06. The van der Waals surface area contributed by atoms with E-state index >= 15 is 0 Å². The lowest BCUT2D eigenvalue weighted by atomic mass is 10.2.